The van der Waals surface area contributed by atoms with Crippen LogP contribution >= 0.6 is 11.8 Å². The first-order chi connectivity index (χ1) is 23.1. The van der Waals surface area contributed by atoms with Crippen molar-refractivity contribution in [1.82, 2.24) is 4.90 Å². The zero-order valence-electron chi connectivity index (χ0n) is 27.6. The van der Waals surface area contributed by atoms with Crippen LogP contribution in [0.25, 0.3) is 0 Å². The predicted molar refractivity (Wildman–Crippen MR) is 181 cm³/mol. The summed E-state index contributed by atoms with van der Waals surface area (Å²) in [4.78, 5) is 2.32. The van der Waals surface area contributed by atoms with E-state index in [-0.39, 0.29) is 17.7 Å². The smallest absolute Gasteiger partial charge is 0.132 e. The average molecular weight is 685 g/mol. The molecule has 48 heavy (non-hydrogen) atoms. The van der Waals surface area contributed by atoms with Gasteiger partial charge in [-0.05, 0) is 90.9 Å². The maximum absolute atomic E-state index is 14.4. The maximum Gasteiger partial charge on any atom is 0.132 e. The van der Waals surface area contributed by atoms with Gasteiger partial charge in [-0.2, -0.15) is 0 Å². The first kappa shape index (κ1) is 35.2. The number of ether oxygens (including phenoxy) is 3. The van der Waals surface area contributed by atoms with Gasteiger partial charge < -0.3 is 35.3 Å². The van der Waals surface area contributed by atoms with Crippen LogP contribution in [-0.4, -0.2) is 88.1 Å². The van der Waals surface area contributed by atoms with E-state index >= 15 is 0 Å². The topological polar surface area (TPSA) is 118 Å². The maximum atomic E-state index is 14.4. The minimum absolute atomic E-state index is 0.00781. The van der Waals surface area contributed by atoms with E-state index in [1.807, 2.05) is 31.2 Å². The van der Waals surface area contributed by atoms with Crippen LogP contribution in [0.4, 0.5) is 8.78 Å². The molecule has 9 atom stereocenters. The number of halogens is 2. The molecule has 3 aromatic rings. The Hall–Kier alpha value is -2.61. The Labute approximate surface area is 285 Å². The summed E-state index contributed by atoms with van der Waals surface area (Å²) < 4.78 is 46.6. The number of hydrogen-bond acceptors (Lipinski definition) is 9. The van der Waals surface area contributed by atoms with Gasteiger partial charge in [-0.25, -0.2) is 8.78 Å². The summed E-state index contributed by atoms with van der Waals surface area (Å²) in [5.74, 6) is -0.181. The molecule has 0 spiro atoms. The van der Waals surface area contributed by atoms with E-state index in [0.717, 1.165) is 66.1 Å². The molecule has 0 radical (unpaired) electrons. The fourth-order valence-electron chi connectivity index (χ4n) is 7.34. The summed E-state index contributed by atoms with van der Waals surface area (Å²) in [6.45, 7) is 6.11. The molecule has 260 valence electrons. The van der Waals surface area contributed by atoms with Crippen LogP contribution in [0.15, 0.2) is 54.6 Å². The molecule has 0 aliphatic carbocycles. The number of hydrogen-bond donors (Lipinski definition) is 4. The molecule has 3 fully saturated rings. The van der Waals surface area contributed by atoms with Crippen molar-refractivity contribution >= 4 is 11.8 Å². The highest BCUT2D eigenvalue weighted by Crippen LogP contribution is 2.37. The van der Waals surface area contributed by atoms with Gasteiger partial charge >= 0.3 is 0 Å². The molecule has 6 rings (SSSR count). The van der Waals surface area contributed by atoms with Gasteiger partial charge in [0.25, 0.3) is 0 Å². The first-order valence-electron chi connectivity index (χ1n) is 16.7. The van der Waals surface area contributed by atoms with Gasteiger partial charge in [0.2, 0.25) is 0 Å². The summed E-state index contributed by atoms with van der Waals surface area (Å²) in [5.41, 5.74) is 11.2. The quantitative estimate of drug-likeness (QED) is 0.257. The molecule has 3 aromatic carbocycles. The van der Waals surface area contributed by atoms with Crippen LogP contribution in [-0.2, 0) is 22.3 Å². The second-order valence-electron chi connectivity index (χ2n) is 13.3. The van der Waals surface area contributed by atoms with Crippen molar-refractivity contribution in [2.24, 2.45) is 5.73 Å². The second kappa shape index (κ2) is 15.1. The van der Waals surface area contributed by atoms with Gasteiger partial charge in [0.15, 0.2) is 0 Å². The predicted octanol–water partition coefficient (Wildman–Crippen LogP) is 4.58. The van der Waals surface area contributed by atoms with Crippen LogP contribution in [0.2, 0.25) is 0 Å². The molecule has 0 amide bonds. The standard InChI is InChI=1S/C37H46F2N2O6S/c1-4-22-6-7-23(35-33(43)32(42)34(44)37(47-35)48-3)15-24(22)14-21-5-10-31(20(2)13-21)46-27-11-12-41(18-27)26-17-30(40)36(45-19-26)28-16-25(38)8-9-29(28)39/h5-10,13,15-16,26-27,30,32-37,42-44H,4,11-12,14,17-19,40H2,1-3H3/t26-,27-,30+,32-,33-,34+,35+,36-,37-/m1/s1. The van der Waals surface area contributed by atoms with E-state index in [0.29, 0.717) is 19.4 Å². The monoisotopic (exact) mass is 684 g/mol. The lowest BCUT2D eigenvalue weighted by atomic mass is 9.90. The van der Waals surface area contributed by atoms with Crippen molar-refractivity contribution in [1.29, 1.82) is 0 Å². The van der Waals surface area contributed by atoms with Crippen LogP contribution < -0.4 is 10.5 Å². The van der Waals surface area contributed by atoms with Gasteiger partial charge in [0, 0.05) is 30.7 Å². The number of nitrogens with two attached hydrogens (primary N) is 1. The summed E-state index contributed by atoms with van der Waals surface area (Å²) >= 11 is 1.30. The molecule has 3 aliphatic rings. The lowest BCUT2D eigenvalue weighted by Crippen LogP contribution is -2.52. The van der Waals surface area contributed by atoms with Crippen molar-refractivity contribution < 1.29 is 38.3 Å². The van der Waals surface area contributed by atoms with E-state index in [1.165, 1.54) is 23.4 Å². The third-order valence-corrected chi connectivity index (χ3v) is 10.9. The van der Waals surface area contributed by atoms with Gasteiger partial charge in [-0.15, -0.1) is 11.8 Å². The highest BCUT2D eigenvalue weighted by Gasteiger charge is 2.44. The van der Waals surface area contributed by atoms with Crippen molar-refractivity contribution in [3.63, 3.8) is 0 Å². The number of benzene rings is 3. The zero-order valence-corrected chi connectivity index (χ0v) is 28.4. The molecular weight excluding hydrogens is 638 g/mol. The fourth-order valence-corrected chi connectivity index (χ4v) is 8.01. The van der Waals surface area contributed by atoms with Crippen LogP contribution in [0, 0.1) is 18.6 Å². The van der Waals surface area contributed by atoms with Gasteiger partial charge in [-0.1, -0.05) is 37.3 Å². The Morgan fingerprint density at radius 2 is 1.79 bits per heavy atom. The minimum atomic E-state index is -1.30. The zero-order chi connectivity index (χ0) is 34.1. The Kier molecular flexibility index (Phi) is 11.1. The highest BCUT2D eigenvalue weighted by atomic mass is 32.2. The van der Waals surface area contributed by atoms with E-state index in [9.17, 15) is 24.1 Å². The molecule has 11 heteroatoms. The van der Waals surface area contributed by atoms with Crippen molar-refractivity contribution in [3.05, 3.63) is 99.6 Å². The van der Waals surface area contributed by atoms with Crippen molar-refractivity contribution in [2.75, 3.05) is 26.0 Å². The number of rotatable bonds is 9. The van der Waals surface area contributed by atoms with Gasteiger partial charge in [0.1, 0.15) is 59.4 Å². The number of aryl methyl sites for hydroxylation is 2. The molecule has 3 saturated heterocycles. The highest BCUT2D eigenvalue weighted by molar-refractivity contribution is 7.99. The molecular formula is C37H46F2N2O6S. The molecule has 0 bridgehead atoms. The van der Waals surface area contributed by atoms with E-state index in [1.54, 1.807) is 6.26 Å². The van der Waals surface area contributed by atoms with Gasteiger partial charge in [-0.3, -0.25) is 4.90 Å². The normalized spacial score (nSPS) is 31.2. The van der Waals surface area contributed by atoms with E-state index in [4.69, 9.17) is 19.9 Å². The van der Waals surface area contributed by atoms with Crippen LogP contribution in [0.3, 0.4) is 0 Å². The SMILES string of the molecule is CCc1ccc([C@@H]2O[C@H](SC)[C@@H](O)[C@H](O)[C@H]2O)cc1Cc1ccc(O[C@@H]2CCN([C@H]3CO[C@H](c4cc(F)ccc4F)[C@@H](N)C3)C2)c(C)c1. The number of aliphatic hydroxyl groups excluding tert-OH is 3. The number of nitrogens with zero attached hydrogens (tertiary/aromatic N) is 1. The van der Waals surface area contributed by atoms with Crippen LogP contribution in [0.5, 0.6) is 5.75 Å². The lowest BCUT2D eigenvalue weighted by Gasteiger charge is -2.40. The minimum Gasteiger partial charge on any atom is -0.489 e. The van der Waals surface area contributed by atoms with Gasteiger partial charge in [0.05, 0.1) is 6.61 Å². The fraction of sp³-hybridized carbons (Fsp3) is 0.514. The first-order valence-corrected chi connectivity index (χ1v) is 18.0. The van der Waals surface area contributed by atoms with E-state index < -0.39 is 53.6 Å². The van der Waals surface area contributed by atoms with Crippen molar-refractivity contribution in [2.45, 2.75) is 93.7 Å². The lowest BCUT2D eigenvalue weighted by molar-refractivity contribution is -0.200. The molecule has 5 N–H and O–H groups in total. The third-order valence-electron chi connectivity index (χ3n) is 10.0. The Morgan fingerprint density at radius 1 is 0.979 bits per heavy atom. The van der Waals surface area contributed by atoms with E-state index in [2.05, 4.69) is 24.0 Å². The second-order valence-corrected chi connectivity index (χ2v) is 14.2. The molecule has 3 aliphatic heterocycles. The molecule has 3 heterocycles. The molecule has 8 nitrogen and oxygen atoms in total. The number of likely N-dealkylation sites (tertiary alicyclic amines) is 1. The van der Waals surface area contributed by atoms with Crippen LogP contribution in [0.1, 0.15) is 65.4 Å². The molecule has 0 unspecified atom stereocenters. The Balaban J connectivity index is 1.07. The molecule has 0 aromatic heterocycles. The number of thioether (sulfide) groups is 1. The average Bonchev–Trinajstić information content (AvgIpc) is 3.55. The number of aliphatic hydroxyl groups is 3. The summed E-state index contributed by atoms with van der Waals surface area (Å²) in [7, 11) is 0. The van der Waals surface area contributed by atoms with Crippen molar-refractivity contribution in [3.8, 4) is 5.75 Å². The Morgan fingerprint density at radius 3 is 2.52 bits per heavy atom. The largest absolute Gasteiger partial charge is 0.489 e. The summed E-state index contributed by atoms with van der Waals surface area (Å²) in [6.07, 6.45) is -0.306. The third kappa shape index (κ3) is 7.44. The summed E-state index contributed by atoms with van der Waals surface area (Å²) in [6, 6.07) is 15.3. The molecule has 0 saturated carbocycles. The Bertz CT molecular complexity index is 1580. The summed E-state index contributed by atoms with van der Waals surface area (Å²) in [5, 5.41) is 31.5.